The van der Waals surface area contributed by atoms with Gasteiger partial charge in [-0.3, -0.25) is 4.79 Å². The minimum absolute atomic E-state index is 0.00503. The molecule has 1 aliphatic rings. The zero-order chi connectivity index (χ0) is 16.9. The van der Waals surface area contributed by atoms with Crippen molar-refractivity contribution in [1.82, 2.24) is 5.32 Å². The van der Waals surface area contributed by atoms with Crippen LogP contribution >= 0.6 is 11.8 Å². The highest BCUT2D eigenvalue weighted by molar-refractivity contribution is 8.15. The highest BCUT2D eigenvalue weighted by Gasteiger charge is 2.30. The summed E-state index contributed by atoms with van der Waals surface area (Å²) < 4.78 is 0. The molecule has 1 N–H and O–H groups in total. The van der Waals surface area contributed by atoms with Gasteiger partial charge in [0.15, 0.2) is 5.17 Å². The first-order chi connectivity index (χ1) is 11.6. The molecule has 5 heteroatoms. The van der Waals surface area contributed by atoms with E-state index in [2.05, 4.69) is 34.6 Å². The van der Waals surface area contributed by atoms with E-state index in [9.17, 15) is 4.79 Å². The summed E-state index contributed by atoms with van der Waals surface area (Å²) in [4.78, 5) is 12.2. The smallest absolute Gasteiger partial charge is 0.239 e. The number of nitrogens with one attached hydrogen (secondary N) is 1. The van der Waals surface area contributed by atoms with Crippen LogP contribution in [0.1, 0.15) is 23.6 Å². The van der Waals surface area contributed by atoms with Gasteiger partial charge in [-0.05, 0) is 37.0 Å². The molecule has 0 aromatic heterocycles. The molecule has 1 amide bonds. The van der Waals surface area contributed by atoms with E-state index in [1.54, 1.807) is 0 Å². The molecular weight excluding hydrogens is 318 g/mol. The van der Waals surface area contributed by atoms with Crippen LogP contribution in [-0.4, -0.2) is 22.0 Å². The van der Waals surface area contributed by atoms with E-state index in [0.717, 1.165) is 11.3 Å². The summed E-state index contributed by atoms with van der Waals surface area (Å²) in [5.41, 5.74) is 4.23. The molecule has 1 unspecified atom stereocenters. The van der Waals surface area contributed by atoms with Gasteiger partial charge in [-0.2, -0.15) is 5.10 Å². The highest BCUT2D eigenvalue weighted by Crippen LogP contribution is 2.24. The van der Waals surface area contributed by atoms with Crippen molar-refractivity contribution < 1.29 is 4.79 Å². The number of carbonyl (C=O) groups is 1. The van der Waals surface area contributed by atoms with Gasteiger partial charge in [0.1, 0.15) is 0 Å². The summed E-state index contributed by atoms with van der Waals surface area (Å²) in [6.45, 7) is 3.97. The monoisotopic (exact) mass is 337 g/mol. The van der Waals surface area contributed by atoms with Gasteiger partial charge in [0.25, 0.3) is 0 Å². The number of carbonyl (C=O) groups excluding carboxylic acids is 1. The average molecular weight is 337 g/mol. The Labute approximate surface area is 146 Å². The predicted molar refractivity (Wildman–Crippen MR) is 100 cm³/mol. The Hall–Kier alpha value is -2.40. The Morgan fingerprint density at radius 3 is 2.58 bits per heavy atom. The second-order valence-corrected chi connectivity index (χ2v) is 6.87. The molecule has 0 saturated carbocycles. The lowest BCUT2D eigenvalue weighted by Crippen LogP contribution is -2.26. The summed E-state index contributed by atoms with van der Waals surface area (Å²) in [7, 11) is 0. The average Bonchev–Trinajstić information content (AvgIpc) is 2.95. The summed E-state index contributed by atoms with van der Waals surface area (Å²) in [6.07, 6.45) is 0.698. The highest BCUT2D eigenvalue weighted by atomic mass is 32.2. The fraction of sp³-hybridized carbons (Fsp3) is 0.211. The molecular formula is C19H19N3OS. The molecule has 1 aliphatic heterocycles. The molecule has 2 aromatic rings. The predicted octanol–water partition coefficient (Wildman–Crippen LogP) is 3.55. The van der Waals surface area contributed by atoms with Crippen LogP contribution in [-0.2, 0) is 11.2 Å². The van der Waals surface area contributed by atoms with Crippen LogP contribution in [0.5, 0.6) is 0 Å². The van der Waals surface area contributed by atoms with Crippen LogP contribution < -0.4 is 5.32 Å². The first kappa shape index (κ1) is 16.5. The fourth-order valence-corrected chi connectivity index (χ4v) is 3.43. The topological polar surface area (TPSA) is 53.8 Å². The Bertz CT molecular complexity index is 799. The summed E-state index contributed by atoms with van der Waals surface area (Å²) >= 11 is 1.44. The number of hydrogen-bond donors (Lipinski definition) is 1. The van der Waals surface area contributed by atoms with Crippen molar-refractivity contribution in [2.75, 3.05) is 0 Å². The lowest BCUT2D eigenvalue weighted by Gasteiger charge is -2.07. The van der Waals surface area contributed by atoms with Crippen LogP contribution in [0.15, 0.2) is 64.8 Å². The quantitative estimate of drug-likeness (QED) is 0.685. The number of amidine groups is 1. The molecule has 0 spiro atoms. The number of thioether (sulfide) groups is 1. The molecule has 0 radical (unpaired) electrons. The lowest BCUT2D eigenvalue weighted by molar-refractivity contribution is -0.118. The van der Waals surface area contributed by atoms with Crippen LogP contribution in [0.2, 0.25) is 0 Å². The van der Waals surface area contributed by atoms with Crippen molar-refractivity contribution in [3.05, 3.63) is 71.3 Å². The normalized spacial score (nSPS) is 19.6. The minimum atomic E-state index is -0.155. The van der Waals surface area contributed by atoms with E-state index in [4.69, 9.17) is 0 Å². The van der Waals surface area contributed by atoms with Gasteiger partial charge < -0.3 is 5.32 Å². The van der Waals surface area contributed by atoms with Crippen molar-refractivity contribution in [3.8, 4) is 0 Å². The van der Waals surface area contributed by atoms with Crippen molar-refractivity contribution >= 4 is 28.5 Å². The summed E-state index contributed by atoms with van der Waals surface area (Å²) in [5.74, 6) is -0.00503. The molecule has 2 aromatic carbocycles. The van der Waals surface area contributed by atoms with Gasteiger partial charge in [-0.1, -0.05) is 66.4 Å². The zero-order valence-electron chi connectivity index (χ0n) is 13.7. The van der Waals surface area contributed by atoms with E-state index >= 15 is 0 Å². The largest absolute Gasteiger partial charge is 0.303 e. The van der Waals surface area contributed by atoms with Gasteiger partial charge >= 0.3 is 0 Å². The number of rotatable bonds is 4. The van der Waals surface area contributed by atoms with Gasteiger partial charge in [0.05, 0.1) is 11.0 Å². The summed E-state index contributed by atoms with van der Waals surface area (Å²) in [6, 6.07) is 18.0. The molecule has 3 rings (SSSR count). The minimum Gasteiger partial charge on any atom is -0.303 e. The lowest BCUT2D eigenvalue weighted by atomic mass is 10.0. The van der Waals surface area contributed by atoms with E-state index in [0.29, 0.717) is 11.6 Å². The number of aryl methyl sites for hydroxylation is 1. The Morgan fingerprint density at radius 1 is 1.12 bits per heavy atom. The second-order valence-electron chi connectivity index (χ2n) is 5.68. The van der Waals surface area contributed by atoms with Crippen LogP contribution in [0.3, 0.4) is 0 Å². The SMILES string of the molecule is CC(=N/N=C1\NC(=O)C(Cc2ccccc2C)S1)c1ccccc1. The fourth-order valence-electron chi connectivity index (χ4n) is 2.48. The molecule has 1 heterocycles. The van der Waals surface area contributed by atoms with Gasteiger partial charge in [-0.25, -0.2) is 0 Å². The van der Waals surface area contributed by atoms with Crippen molar-refractivity contribution in [3.63, 3.8) is 0 Å². The molecule has 1 atom stereocenters. The van der Waals surface area contributed by atoms with Crippen molar-refractivity contribution in [2.45, 2.75) is 25.5 Å². The van der Waals surface area contributed by atoms with Crippen LogP contribution in [0, 0.1) is 6.92 Å². The van der Waals surface area contributed by atoms with E-state index < -0.39 is 0 Å². The maximum Gasteiger partial charge on any atom is 0.239 e. The Morgan fingerprint density at radius 2 is 1.83 bits per heavy atom. The molecule has 0 bridgehead atoms. The first-order valence-electron chi connectivity index (χ1n) is 7.83. The maximum absolute atomic E-state index is 12.2. The molecule has 1 saturated heterocycles. The molecule has 4 nitrogen and oxygen atoms in total. The molecule has 0 aliphatic carbocycles. The van der Waals surface area contributed by atoms with Gasteiger partial charge in [-0.15, -0.1) is 5.10 Å². The van der Waals surface area contributed by atoms with E-state index in [-0.39, 0.29) is 11.2 Å². The molecule has 122 valence electrons. The van der Waals surface area contributed by atoms with E-state index in [1.165, 1.54) is 22.9 Å². The second kappa shape index (κ2) is 7.45. The molecule has 1 fully saturated rings. The summed E-state index contributed by atoms with van der Waals surface area (Å²) in [5, 5.41) is 11.7. The third-order valence-corrected chi connectivity index (χ3v) is 5.00. The maximum atomic E-state index is 12.2. The molecule has 24 heavy (non-hydrogen) atoms. The zero-order valence-corrected chi connectivity index (χ0v) is 14.5. The Kier molecular flexibility index (Phi) is 5.11. The van der Waals surface area contributed by atoms with Crippen molar-refractivity contribution in [2.24, 2.45) is 10.2 Å². The third-order valence-electron chi connectivity index (χ3n) is 3.93. The number of benzene rings is 2. The Balaban J connectivity index is 1.69. The van der Waals surface area contributed by atoms with Gasteiger partial charge in [0.2, 0.25) is 5.91 Å². The van der Waals surface area contributed by atoms with E-state index in [1.807, 2.05) is 49.4 Å². The third kappa shape index (κ3) is 3.92. The standard InChI is InChI=1S/C19H19N3OS/c1-13-8-6-7-11-16(13)12-17-18(23)20-19(24-17)22-21-14(2)15-9-4-3-5-10-15/h3-11,17H,12H2,1-2H3,(H,20,22,23). The number of hydrogen-bond acceptors (Lipinski definition) is 4. The number of amides is 1. The number of nitrogens with zero attached hydrogens (tertiary/aromatic N) is 2. The van der Waals surface area contributed by atoms with Crippen molar-refractivity contribution in [1.29, 1.82) is 0 Å². The van der Waals surface area contributed by atoms with Crippen LogP contribution in [0.4, 0.5) is 0 Å². The van der Waals surface area contributed by atoms with Gasteiger partial charge in [0, 0.05) is 0 Å². The van der Waals surface area contributed by atoms with Crippen LogP contribution in [0.25, 0.3) is 0 Å². The first-order valence-corrected chi connectivity index (χ1v) is 8.71.